The van der Waals surface area contributed by atoms with E-state index in [1.165, 1.54) is 0 Å². The molecule has 3 aromatic rings. The largest absolute Gasteiger partial charge is 0.368 e. The van der Waals surface area contributed by atoms with Gasteiger partial charge in [-0.2, -0.15) is 11.3 Å². The van der Waals surface area contributed by atoms with E-state index in [0.717, 1.165) is 17.0 Å². The lowest BCUT2D eigenvalue weighted by molar-refractivity contribution is 0.00172. The molecule has 1 unspecified atom stereocenters. The maximum Gasteiger partial charge on any atom is 0.273 e. The quantitative estimate of drug-likeness (QED) is 0.772. The molecular formula is C15H15N5O3S. The van der Waals surface area contributed by atoms with E-state index in [2.05, 4.69) is 20.8 Å². The van der Waals surface area contributed by atoms with Crippen molar-refractivity contribution >= 4 is 17.2 Å². The van der Waals surface area contributed by atoms with Gasteiger partial charge < -0.3 is 14.6 Å². The van der Waals surface area contributed by atoms with Crippen molar-refractivity contribution in [3.8, 4) is 11.3 Å². The molecule has 1 aliphatic heterocycles. The van der Waals surface area contributed by atoms with Crippen LogP contribution in [0.1, 0.15) is 21.9 Å². The van der Waals surface area contributed by atoms with Crippen molar-refractivity contribution in [2.75, 3.05) is 6.54 Å². The van der Waals surface area contributed by atoms with Crippen molar-refractivity contribution in [1.29, 1.82) is 0 Å². The zero-order valence-electron chi connectivity index (χ0n) is 12.9. The van der Waals surface area contributed by atoms with Gasteiger partial charge in [0.05, 0.1) is 24.9 Å². The Morgan fingerprint density at radius 1 is 1.54 bits per heavy atom. The highest BCUT2D eigenvalue weighted by Gasteiger charge is 2.25. The summed E-state index contributed by atoms with van der Waals surface area (Å²) in [7, 11) is 0. The molecule has 0 aliphatic carbocycles. The number of hydrogen-bond acceptors (Lipinski definition) is 7. The lowest BCUT2D eigenvalue weighted by Gasteiger charge is -2.24. The number of aromatic nitrogens is 4. The number of thiophene rings is 1. The SMILES string of the molecule is Cc1cc(C(=O)NCC2Cn3nnc(-c4ccsc4)c3CO2)no1. The number of hydrogen-bond donors (Lipinski definition) is 1. The molecule has 8 nitrogen and oxygen atoms in total. The Hall–Kier alpha value is -2.52. The van der Waals surface area contributed by atoms with Gasteiger partial charge in [0.1, 0.15) is 11.5 Å². The third-order valence-corrected chi connectivity index (χ3v) is 4.50. The van der Waals surface area contributed by atoms with Crippen molar-refractivity contribution < 1.29 is 14.1 Å². The van der Waals surface area contributed by atoms with Crippen LogP contribution in [0.4, 0.5) is 0 Å². The predicted octanol–water partition coefficient (Wildman–Crippen LogP) is 1.63. The van der Waals surface area contributed by atoms with E-state index in [4.69, 9.17) is 9.26 Å². The monoisotopic (exact) mass is 345 g/mol. The molecule has 9 heteroatoms. The van der Waals surface area contributed by atoms with Gasteiger partial charge in [-0.15, -0.1) is 5.10 Å². The molecule has 0 radical (unpaired) electrons. The van der Waals surface area contributed by atoms with Crippen LogP contribution in [0.2, 0.25) is 0 Å². The fraction of sp³-hybridized carbons (Fsp3) is 0.333. The van der Waals surface area contributed by atoms with Gasteiger partial charge >= 0.3 is 0 Å². The number of amides is 1. The summed E-state index contributed by atoms with van der Waals surface area (Å²) in [6.45, 7) is 3.08. The Labute approximate surface area is 141 Å². The number of carbonyl (C=O) groups is 1. The van der Waals surface area contributed by atoms with Crippen molar-refractivity contribution in [2.24, 2.45) is 0 Å². The highest BCUT2D eigenvalue weighted by atomic mass is 32.1. The van der Waals surface area contributed by atoms with Gasteiger partial charge in [0.25, 0.3) is 5.91 Å². The van der Waals surface area contributed by atoms with Crippen LogP contribution < -0.4 is 5.32 Å². The molecule has 0 saturated carbocycles. The van der Waals surface area contributed by atoms with E-state index >= 15 is 0 Å². The van der Waals surface area contributed by atoms with Crippen LogP contribution in [-0.2, 0) is 17.9 Å². The number of nitrogens with one attached hydrogen (secondary N) is 1. The number of nitrogens with zero attached hydrogens (tertiary/aromatic N) is 4. The number of fused-ring (bicyclic) bond motifs is 1. The second kappa shape index (κ2) is 6.17. The number of rotatable bonds is 4. The normalized spacial score (nSPS) is 16.8. The lowest BCUT2D eigenvalue weighted by atomic mass is 10.2. The second-order valence-corrected chi connectivity index (χ2v) is 6.32. The molecule has 4 rings (SSSR count). The molecule has 1 aliphatic rings. The summed E-state index contributed by atoms with van der Waals surface area (Å²) in [5.41, 5.74) is 3.14. The van der Waals surface area contributed by atoms with Gasteiger partial charge in [-0.1, -0.05) is 10.4 Å². The summed E-state index contributed by atoms with van der Waals surface area (Å²) in [5, 5.41) is 19.0. The number of aryl methyl sites for hydroxylation is 1. The Bertz CT molecular complexity index is 854. The van der Waals surface area contributed by atoms with E-state index in [-0.39, 0.29) is 17.7 Å². The molecule has 0 spiro atoms. The Balaban J connectivity index is 1.39. The molecule has 0 saturated heterocycles. The van der Waals surface area contributed by atoms with Crippen molar-refractivity contribution in [3.05, 3.63) is 40.0 Å². The van der Waals surface area contributed by atoms with E-state index < -0.39 is 0 Å². The van der Waals surface area contributed by atoms with Crippen molar-refractivity contribution in [2.45, 2.75) is 26.2 Å². The molecular weight excluding hydrogens is 330 g/mol. The third-order valence-electron chi connectivity index (χ3n) is 3.82. The van der Waals surface area contributed by atoms with Gasteiger partial charge in [-0.3, -0.25) is 4.79 Å². The number of ether oxygens (including phenoxy) is 1. The minimum Gasteiger partial charge on any atom is -0.368 e. The standard InChI is InChI=1S/C15H15N5O3S/c1-9-4-12(18-23-9)15(21)16-5-11-6-20-13(7-22-11)14(17-19-20)10-2-3-24-8-10/h2-4,8,11H,5-7H2,1H3,(H,16,21). The fourth-order valence-electron chi connectivity index (χ4n) is 2.58. The smallest absolute Gasteiger partial charge is 0.273 e. The molecule has 4 heterocycles. The van der Waals surface area contributed by atoms with Crippen molar-refractivity contribution in [3.63, 3.8) is 0 Å². The van der Waals surface area contributed by atoms with Crippen molar-refractivity contribution in [1.82, 2.24) is 25.5 Å². The maximum absolute atomic E-state index is 12.0. The third kappa shape index (κ3) is 2.83. The summed E-state index contributed by atoms with van der Waals surface area (Å²) < 4.78 is 12.6. The minimum absolute atomic E-state index is 0.161. The first kappa shape index (κ1) is 15.0. The number of carbonyl (C=O) groups excluding carboxylic acids is 1. The summed E-state index contributed by atoms with van der Waals surface area (Å²) >= 11 is 1.62. The molecule has 0 aromatic carbocycles. The van der Waals surface area contributed by atoms with Crippen LogP contribution >= 0.6 is 11.3 Å². The molecule has 124 valence electrons. The van der Waals surface area contributed by atoms with Gasteiger partial charge in [0.2, 0.25) is 0 Å². The van der Waals surface area contributed by atoms with Crippen LogP contribution in [0.25, 0.3) is 11.3 Å². The van der Waals surface area contributed by atoms with E-state index in [1.54, 1.807) is 24.3 Å². The highest BCUT2D eigenvalue weighted by molar-refractivity contribution is 7.08. The Kier molecular flexibility index (Phi) is 3.87. The fourth-order valence-corrected chi connectivity index (χ4v) is 3.22. The van der Waals surface area contributed by atoms with E-state index in [0.29, 0.717) is 25.5 Å². The molecule has 0 bridgehead atoms. The molecule has 24 heavy (non-hydrogen) atoms. The minimum atomic E-state index is -0.279. The first-order valence-corrected chi connectivity index (χ1v) is 8.43. The van der Waals surface area contributed by atoms with Gasteiger partial charge in [0, 0.05) is 23.6 Å². The van der Waals surface area contributed by atoms with Gasteiger partial charge in [-0.05, 0) is 18.4 Å². The Morgan fingerprint density at radius 2 is 2.46 bits per heavy atom. The van der Waals surface area contributed by atoms with Crippen LogP contribution in [0, 0.1) is 6.92 Å². The van der Waals surface area contributed by atoms with Gasteiger partial charge in [-0.25, -0.2) is 4.68 Å². The first-order chi connectivity index (χ1) is 11.7. The average molecular weight is 345 g/mol. The van der Waals surface area contributed by atoms with Crippen LogP contribution in [-0.4, -0.2) is 38.7 Å². The summed E-state index contributed by atoms with van der Waals surface area (Å²) in [6, 6.07) is 3.61. The van der Waals surface area contributed by atoms with E-state index in [1.807, 2.05) is 21.5 Å². The van der Waals surface area contributed by atoms with E-state index in [9.17, 15) is 4.79 Å². The molecule has 1 N–H and O–H groups in total. The van der Waals surface area contributed by atoms with Crippen LogP contribution in [0.15, 0.2) is 27.4 Å². The van der Waals surface area contributed by atoms with Crippen LogP contribution in [0.3, 0.4) is 0 Å². The van der Waals surface area contributed by atoms with Crippen LogP contribution in [0.5, 0.6) is 0 Å². The maximum atomic E-state index is 12.0. The molecule has 3 aromatic heterocycles. The molecule has 1 amide bonds. The Morgan fingerprint density at radius 3 is 3.21 bits per heavy atom. The topological polar surface area (TPSA) is 95.1 Å². The van der Waals surface area contributed by atoms with Gasteiger partial charge in [0.15, 0.2) is 5.69 Å². The average Bonchev–Trinajstić information content (AvgIpc) is 3.31. The molecule has 1 atom stereocenters. The summed E-state index contributed by atoms with van der Waals surface area (Å²) in [4.78, 5) is 12.0. The zero-order valence-corrected chi connectivity index (χ0v) is 13.7. The predicted molar refractivity (Wildman–Crippen MR) is 85.5 cm³/mol. The molecule has 0 fully saturated rings. The summed E-state index contributed by atoms with van der Waals surface area (Å²) in [5.74, 6) is 0.320. The second-order valence-electron chi connectivity index (χ2n) is 5.54. The first-order valence-electron chi connectivity index (χ1n) is 7.49. The lowest BCUT2D eigenvalue weighted by Crippen LogP contribution is -2.39. The highest BCUT2D eigenvalue weighted by Crippen LogP contribution is 2.26. The zero-order chi connectivity index (χ0) is 16.5. The summed E-state index contributed by atoms with van der Waals surface area (Å²) in [6.07, 6.45) is -0.161.